The van der Waals surface area contributed by atoms with Crippen LogP contribution in [-0.4, -0.2) is 66.3 Å². The maximum Gasteiger partial charge on any atom is 0.321 e. The number of halogens is 2. The van der Waals surface area contributed by atoms with Crippen molar-refractivity contribution in [3.8, 4) is 0 Å². The fourth-order valence-corrected chi connectivity index (χ4v) is 2.94. The van der Waals surface area contributed by atoms with Gasteiger partial charge in [-0.2, -0.15) is 0 Å². The van der Waals surface area contributed by atoms with Crippen LogP contribution in [-0.2, 0) is 42.9 Å². The Kier molecular flexibility index (Phi) is 10.2. The minimum absolute atomic E-state index is 0.420. The van der Waals surface area contributed by atoms with Crippen molar-refractivity contribution < 1.29 is 42.9 Å². The second kappa shape index (κ2) is 11.4. The first-order valence-corrected chi connectivity index (χ1v) is 11.9. The van der Waals surface area contributed by atoms with Gasteiger partial charge in [0.2, 0.25) is 0 Å². The van der Waals surface area contributed by atoms with Crippen LogP contribution in [0.25, 0.3) is 0 Å². The Labute approximate surface area is 211 Å². The Balaban J connectivity index is 3.32. The van der Waals surface area contributed by atoms with Crippen LogP contribution < -0.4 is 0 Å². The topological polar surface area (TPSA) is 114 Å². The summed E-state index contributed by atoms with van der Waals surface area (Å²) in [5.41, 5.74) is -3.84. The van der Waals surface area contributed by atoms with Crippen LogP contribution >= 0.6 is 23.2 Å². The molecular formula is C23H36Cl2O9. The van der Waals surface area contributed by atoms with E-state index in [1.54, 1.807) is 62.3 Å². The maximum atomic E-state index is 12.7. The zero-order valence-corrected chi connectivity index (χ0v) is 22.7. The molecule has 0 amide bonds. The number of carbonyl (C=O) groups is 4. The third-order valence-electron chi connectivity index (χ3n) is 4.65. The van der Waals surface area contributed by atoms with Crippen LogP contribution in [0.15, 0.2) is 0 Å². The van der Waals surface area contributed by atoms with E-state index in [0.717, 1.165) is 0 Å². The van der Waals surface area contributed by atoms with Crippen LogP contribution in [0.5, 0.6) is 0 Å². The lowest BCUT2D eigenvalue weighted by Crippen LogP contribution is -2.49. The summed E-state index contributed by atoms with van der Waals surface area (Å²) in [5.74, 6) is -3.07. The number of alkyl halides is 2. The summed E-state index contributed by atoms with van der Waals surface area (Å²) in [6.07, 6.45) is -4.90. The summed E-state index contributed by atoms with van der Waals surface area (Å²) >= 11 is 11.9. The Morgan fingerprint density at radius 2 is 1.24 bits per heavy atom. The molecule has 0 spiro atoms. The van der Waals surface area contributed by atoms with Gasteiger partial charge in [0, 0.05) is 0 Å². The van der Waals surface area contributed by atoms with Crippen molar-refractivity contribution in [2.24, 2.45) is 16.2 Å². The predicted molar refractivity (Wildman–Crippen MR) is 124 cm³/mol. The molecule has 0 aromatic rings. The first-order valence-electron chi connectivity index (χ1n) is 10.9. The highest BCUT2D eigenvalue weighted by Gasteiger charge is 2.54. The fraction of sp³-hybridized carbons (Fsp3) is 0.826. The van der Waals surface area contributed by atoms with E-state index in [1.165, 1.54) is 0 Å². The molecule has 0 saturated carbocycles. The maximum absolute atomic E-state index is 12.7. The van der Waals surface area contributed by atoms with Gasteiger partial charge in [-0.15, -0.1) is 11.6 Å². The van der Waals surface area contributed by atoms with Gasteiger partial charge in [0.25, 0.3) is 0 Å². The first-order chi connectivity index (χ1) is 15.3. The molecule has 1 unspecified atom stereocenters. The van der Waals surface area contributed by atoms with Gasteiger partial charge in [-0.05, 0) is 62.3 Å². The Hall–Kier alpha value is -1.58. The minimum atomic E-state index is -1.25. The molecule has 0 aromatic carbocycles. The van der Waals surface area contributed by atoms with E-state index in [1.807, 2.05) is 0 Å². The third kappa shape index (κ3) is 8.57. The molecular weight excluding hydrogens is 491 g/mol. The van der Waals surface area contributed by atoms with Gasteiger partial charge >= 0.3 is 23.9 Å². The predicted octanol–water partition coefficient (Wildman–Crippen LogP) is 3.61. The van der Waals surface area contributed by atoms with Crippen molar-refractivity contribution in [2.75, 3.05) is 12.5 Å². The van der Waals surface area contributed by atoms with E-state index in [9.17, 15) is 19.2 Å². The molecule has 1 aliphatic heterocycles. The second-order valence-electron chi connectivity index (χ2n) is 11.2. The first kappa shape index (κ1) is 30.5. The Morgan fingerprint density at radius 1 is 0.794 bits per heavy atom. The quantitative estimate of drug-likeness (QED) is 0.278. The number of hydrogen-bond acceptors (Lipinski definition) is 9. The molecule has 1 heterocycles. The zero-order chi connectivity index (χ0) is 26.6. The average molecular weight is 527 g/mol. The van der Waals surface area contributed by atoms with E-state index < -0.39 is 82.6 Å². The van der Waals surface area contributed by atoms with E-state index >= 15 is 0 Å². The monoisotopic (exact) mass is 526 g/mol. The second-order valence-corrected chi connectivity index (χ2v) is 11.9. The highest BCUT2D eigenvalue weighted by Crippen LogP contribution is 2.35. The van der Waals surface area contributed by atoms with Crippen LogP contribution in [0.4, 0.5) is 0 Å². The van der Waals surface area contributed by atoms with E-state index in [-0.39, 0.29) is 0 Å². The van der Waals surface area contributed by atoms with Crippen molar-refractivity contribution in [1.82, 2.24) is 0 Å². The molecule has 34 heavy (non-hydrogen) atoms. The van der Waals surface area contributed by atoms with Crippen molar-refractivity contribution in [2.45, 2.75) is 92.3 Å². The van der Waals surface area contributed by atoms with Gasteiger partial charge < -0.3 is 23.7 Å². The van der Waals surface area contributed by atoms with Crippen LogP contribution in [0, 0.1) is 16.2 Å². The largest absolute Gasteiger partial charge is 0.461 e. The Bertz CT molecular complexity index is 762. The number of hydrogen-bond donors (Lipinski definition) is 0. The molecule has 9 nitrogen and oxygen atoms in total. The average Bonchev–Trinajstić information content (AvgIpc) is 2.97. The number of esters is 4. The van der Waals surface area contributed by atoms with Crippen molar-refractivity contribution in [3.63, 3.8) is 0 Å². The molecule has 0 aromatic heterocycles. The summed E-state index contributed by atoms with van der Waals surface area (Å²) in [5, 5.41) is 0. The summed E-state index contributed by atoms with van der Waals surface area (Å²) < 4.78 is 27.6. The molecule has 1 saturated heterocycles. The molecule has 11 heteroatoms. The van der Waals surface area contributed by atoms with E-state index in [4.69, 9.17) is 46.9 Å². The summed E-state index contributed by atoms with van der Waals surface area (Å²) in [6.45, 7) is 14.4. The molecule has 0 radical (unpaired) electrons. The van der Waals surface area contributed by atoms with E-state index in [2.05, 4.69) is 0 Å². The van der Waals surface area contributed by atoms with Gasteiger partial charge in [-0.1, -0.05) is 11.6 Å². The molecule has 0 aliphatic carbocycles. The SMILES string of the molecule is CC(C)(C)C(=O)OC[C@@H](OC(=O)CCl)[C@@H]1OC(Cl)[C@H](OC(=O)C(C)(C)C)[C@H]1OC(=O)C(C)(C)C. The number of ether oxygens (including phenoxy) is 5. The molecule has 1 fully saturated rings. The van der Waals surface area contributed by atoms with Gasteiger partial charge in [0.1, 0.15) is 18.6 Å². The summed E-state index contributed by atoms with van der Waals surface area (Å²) in [4.78, 5) is 49.6. The molecule has 5 atom stereocenters. The standard InChI is InChI=1S/C23H36Cl2O9/c1-21(2,3)18(27)30-11-12(31-13(26)10-24)14-15(33-19(28)22(4,5)6)16(17(25)32-14)34-20(29)23(7,8)9/h12,14-17H,10-11H2,1-9H3/t12-,14+,15+,16-,17?/m1/s1. The number of carbonyl (C=O) groups excluding carboxylic acids is 4. The third-order valence-corrected chi connectivity index (χ3v) is 5.22. The van der Waals surface area contributed by atoms with Crippen LogP contribution in [0.3, 0.4) is 0 Å². The minimum Gasteiger partial charge on any atom is -0.461 e. The fourth-order valence-electron chi connectivity index (χ4n) is 2.57. The lowest BCUT2D eigenvalue weighted by molar-refractivity contribution is -0.185. The smallest absolute Gasteiger partial charge is 0.321 e. The zero-order valence-electron chi connectivity index (χ0n) is 21.2. The van der Waals surface area contributed by atoms with Gasteiger partial charge in [-0.25, -0.2) is 0 Å². The molecule has 0 bridgehead atoms. The van der Waals surface area contributed by atoms with Crippen molar-refractivity contribution in [1.29, 1.82) is 0 Å². The lowest BCUT2D eigenvalue weighted by atomic mass is 9.96. The van der Waals surface area contributed by atoms with E-state index in [0.29, 0.717) is 0 Å². The molecule has 1 aliphatic rings. The van der Waals surface area contributed by atoms with Gasteiger partial charge in [0.15, 0.2) is 23.9 Å². The van der Waals surface area contributed by atoms with Crippen molar-refractivity contribution >= 4 is 47.1 Å². The molecule has 1 rings (SSSR count). The van der Waals surface area contributed by atoms with Gasteiger partial charge in [0.05, 0.1) is 16.2 Å². The highest BCUT2D eigenvalue weighted by molar-refractivity contribution is 6.26. The normalized spacial score (nSPS) is 24.2. The lowest BCUT2D eigenvalue weighted by Gasteiger charge is -2.31. The number of rotatable bonds is 7. The summed E-state index contributed by atoms with van der Waals surface area (Å²) in [7, 11) is 0. The highest BCUT2D eigenvalue weighted by atomic mass is 35.5. The van der Waals surface area contributed by atoms with Crippen molar-refractivity contribution in [3.05, 3.63) is 0 Å². The Morgan fingerprint density at radius 3 is 1.65 bits per heavy atom. The molecule has 196 valence electrons. The van der Waals surface area contributed by atoms with Crippen LogP contribution in [0.1, 0.15) is 62.3 Å². The van der Waals surface area contributed by atoms with Gasteiger partial charge in [-0.3, -0.25) is 19.2 Å². The molecule has 0 N–H and O–H groups in total. The summed E-state index contributed by atoms with van der Waals surface area (Å²) in [6, 6.07) is 0. The van der Waals surface area contributed by atoms with Crippen LogP contribution in [0.2, 0.25) is 0 Å².